The molecule has 0 aliphatic carbocycles. The number of rotatable bonds is 4. The molecule has 0 spiro atoms. The molecular formula is C17H22NOP. The molecule has 106 valence electrons. The lowest BCUT2D eigenvalue weighted by Crippen LogP contribution is -2.32. The molecule has 0 aliphatic rings. The lowest BCUT2D eigenvalue weighted by atomic mass is 10.2. The van der Waals surface area contributed by atoms with Crippen LogP contribution < -0.4 is 10.4 Å². The molecule has 0 saturated carbocycles. The van der Waals surface area contributed by atoms with Gasteiger partial charge in [0.15, 0.2) is 7.29 Å². The van der Waals surface area contributed by atoms with Crippen LogP contribution in [0.1, 0.15) is 26.3 Å². The lowest BCUT2D eigenvalue weighted by molar-refractivity contribution is 0.544. The summed E-state index contributed by atoms with van der Waals surface area (Å²) in [6.45, 7) is 6.70. The van der Waals surface area contributed by atoms with E-state index in [1.807, 2.05) is 81.4 Å². The maximum absolute atomic E-state index is 13.5. The molecule has 2 aromatic rings. The zero-order valence-corrected chi connectivity index (χ0v) is 13.2. The van der Waals surface area contributed by atoms with Gasteiger partial charge in [-0.1, -0.05) is 81.4 Å². The molecule has 0 aliphatic heterocycles. The highest BCUT2D eigenvalue weighted by atomic mass is 31.2. The molecule has 2 nitrogen and oxygen atoms in total. The summed E-state index contributed by atoms with van der Waals surface area (Å²) < 4.78 is 13.5. The van der Waals surface area contributed by atoms with Gasteiger partial charge in [0.2, 0.25) is 0 Å². The van der Waals surface area contributed by atoms with E-state index in [0.29, 0.717) is 6.54 Å². The summed E-state index contributed by atoms with van der Waals surface area (Å²) in [6.07, 6.45) is 0. The molecule has 0 heterocycles. The highest BCUT2D eigenvalue weighted by Crippen LogP contribution is 2.53. The monoisotopic (exact) mass is 287 g/mol. The van der Waals surface area contributed by atoms with Crippen LogP contribution >= 0.6 is 7.29 Å². The van der Waals surface area contributed by atoms with Crippen molar-refractivity contribution in [3.05, 3.63) is 66.2 Å². The Labute approximate surface area is 121 Å². The first-order chi connectivity index (χ1) is 9.43. The van der Waals surface area contributed by atoms with Crippen LogP contribution in [0.15, 0.2) is 60.7 Å². The quantitative estimate of drug-likeness (QED) is 0.855. The largest absolute Gasteiger partial charge is 0.301 e. The maximum Gasteiger partial charge on any atom is 0.181 e. The van der Waals surface area contributed by atoms with Crippen LogP contribution in [-0.4, -0.2) is 5.16 Å². The second-order valence-electron chi connectivity index (χ2n) is 5.94. The molecule has 20 heavy (non-hydrogen) atoms. The van der Waals surface area contributed by atoms with E-state index in [1.54, 1.807) is 0 Å². The first kappa shape index (κ1) is 15.0. The fourth-order valence-corrected chi connectivity index (χ4v) is 4.58. The van der Waals surface area contributed by atoms with Gasteiger partial charge in [-0.15, -0.1) is 0 Å². The van der Waals surface area contributed by atoms with E-state index in [-0.39, 0.29) is 5.16 Å². The van der Waals surface area contributed by atoms with E-state index < -0.39 is 7.29 Å². The Hall–Kier alpha value is -1.37. The third-order valence-electron chi connectivity index (χ3n) is 3.41. The fraction of sp³-hybridized carbons (Fsp3) is 0.294. The predicted molar refractivity (Wildman–Crippen MR) is 86.7 cm³/mol. The predicted octanol–water partition coefficient (Wildman–Crippen LogP) is 4.18. The van der Waals surface area contributed by atoms with Crippen LogP contribution in [0, 0.1) is 0 Å². The zero-order valence-electron chi connectivity index (χ0n) is 12.3. The fourth-order valence-electron chi connectivity index (χ4n) is 2.15. The molecule has 2 rings (SSSR count). The molecule has 0 saturated heterocycles. The topological polar surface area (TPSA) is 29.1 Å². The summed E-state index contributed by atoms with van der Waals surface area (Å²) in [5.41, 5.74) is 1.15. The second kappa shape index (κ2) is 5.95. The van der Waals surface area contributed by atoms with Gasteiger partial charge in [-0.05, 0) is 5.56 Å². The van der Waals surface area contributed by atoms with E-state index in [0.717, 1.165) is 10.9 Å². The van der Waals surface area contributed by atoms with Gasteiger partial charge in [0.05, 0.1) is 0 Å². The van der Waals surface area contributed by atoms with Crippen molar-refractivity contribution in [2.24, 2.45) is 0 Å². The Morgan fingerprint density at radius 2 is 1.40 bits per heavy atom. The van der Waals surface area contributed by atoms with Gasteiger partial charge in [0, 0.05) is 17.0 Å². The molecule has 0 bridgehead atoms. The molecule has 1 N–H and O–H groups in total. The van der Waals surface area contributed by atoms with Gasteiger partial charge < -0.3 is 4.57 Å². The number of hydrogen-bond donors (Lipinski definition) is 1. The standard InChI is InChI=1S/C17H22NOP/c1-17(2,3)20(19,16-12-8-5-9-13-16)18-14-15-10-6-4-7-11-15/h4-13H,14H2,1-3H3,(H,18,19)/t20-/m0/s1. The molecule has 2 aromatic carbocycles. The van der Waals surface area contributed by atoms with Crippen LogP contribution in [0.2, 0.25) is 0 Å². The van der Waals surface area contributed by atoms with E-state index in [9.17, 15) is 4.57 Å². The summed E-state index contributed by atoms with van der Waals surface area (Å²) >= 11 is 0. The Balaban J connectivity index is 2.28. The van der Waals surface area contributed by atoms with Crippen molar-refractivity contribution in [1.29, 1.82) is 0 Å². The Morgan fingerprint density at radius 1 is 0.900 bits per heavy atom. The Bertz CT molecular complexity index is 587. The van der Waals surface area contributed by atoms with Crippen molar-refractivity contribution < 1.29 is 4.57 Å². The Kier molecular flexibility index (Phi) is 4.47. The van der Waals surface area contributed by atoms with Crippen LogP contribution in [-0.2, 0) is 11.1 Å². The normalized spacial score (nSPS) is 14.8. The van der Waals surface area contributed by atoms with E-state index in [2.05, 4.69) is 5.09 Å². The van der Waals surface area contributed by atoms with Crippen molar-refractivity contribution >= 4 is 12.6 Å². The van der Waals surface area contributed by atoms with Crippen molar-refractivity contribution in [3.8, 4) is 0 Å². The SMILES string of the molecule is CC(C)(C)[P@](=O)(NCc1ccccc1)c1ccccc1. The van der Waals surface area contributed by atoms with Gasteiger partial charge in [0.25, 0.3) is 0 Å². The number of benzene rings is 2. The summed E-state index contributed by atoms with van der Waals surface area (Å²) in [7, 11) is -2.67. The van der Waals surface area contributed by atoms with E-state index in [1.165, 1.54) is 0 Å². The van der Waals surface area contributed by atoms with Gasteiger partial charge in [-0.3, -0.25) is 5.09 Å². The van der Waals surface area contributed by atoms with E-state index >= 15 is 0 Å². The summed E-state index contributed by atoms with van der Waals surface area (Å²) in [5, 5.41) is 3.90. The average Bonchev–Trinajstić information content (AvgIpc) is 2.45. The smallest absolute Gasteiger partial charge is 0.181 e. The second-order valence-corrected chi connectivity index (χ2v) is 9.33. The minimum atomic E-state index is -2.67. The maximum atomic E-state index is 13.5. The molecule has 0 aromatic heterocycles. The van der Waals surface area contributed by atoms with Crippen molar-refractivity contribution in [3.63, 3.8) is 0 Å². The number of hydrogen-bond acceptors (Lipinski definition) is 1. The summed E-state index contributed by atoms with van der Waals surface area (Å²) in [4.78, 5) is 0. The minimum Gasteiger partial charge on any atom is -0.301 e. The van der Waals surface area contributed by atoms with Gasteiger partial charge in [-0.25, -0.2) is 0 Å². The molecule has 0 radical (unpaired) electrons. The number of nitrogens with one attached hydrogen (secondary N) is 1. The molecule has 3 heteroatoms. The van der Waals surface area contributed by atoms with Crippen molar-refractivity contribution in [2.45, 2.75) is 32.5 Å². The molecule has 1 atom stereocenters. The average molecular weight is 287 g/mol. The minimum absolute atomic E-state index is 0.316. The highest BCUT2D eigenvalue weighted by Gasteiger charge is 2.37. The summed E-state index contributed by atoms with van der Waals surface area (Å²) in [5.74, 6) is 0. The highest BCUT2D eigenvalue weighted by molar-refractivity contribution is 7.71. The van der Waals surface area contributed by atoms with Gasteiger partial charge >= 0.3 is 0 Å². The third kappa shape index (κ3) is 3.20. The van der Waals surface area contributed by atoms with Gasteiger partial charge in [0.1, 0.15) is 0 Å². The lowest BCUT2D eigenvalue weighted by Gasteiger charge is -2.32. The first-order valence-electron chi connectivity index (χ1n) is 6.88. The molecule has 0 fully saturated rings. The van der Waals surface area contributed by atoms with Crippen LogP contribution in [0.3, 0.4) is 0 Å². The first-order valence-corrected chi connectivity index (χ1v) is 8.59. The molecule has 0 unspecified atom stereocenters. The van der Waals surface area contributed by atoms with Crippen LogP contribution in [0.25, 0.3) is 0 Å². The molecular weight excluding hydrogens is 265 g/mol. The zero-order chi connectivity index (χ0) is 14.6. The van der Waals surface area contributed by atoms with Gasteiger partial charge in [-0.2, -0.15) is 0 Å². The molecule has 0 amide bonds. The van der Waals surface area contributed by atoms with E-state index in [4.69, 9.17) is 0 Å². The summed E-state index contributed by atoms with van der Waals surface area (Å²) in [6, 6.07) is 19.8. The third-order valence-corrected chi connectivity index (χ3v) is 6.93. The van der Waals surface area contributed by atoms with Crippen LogP contribution in [0.4, 0.5) is 0 Å². The van der Waals surface area contributed by atoms with Crippen LogP contribution in [0.5, 0.6) is 0 Å². The van der Waals surface area contributed by atoms with Crippen molar-refractivity contribution in [2.75, 3.05) is 0 Å². The van der Waals surface area contributed by atoms with Crippen molar-refractivity contribution in [1.82, 2.24) is 5.09 Å². The Morgan fingerprint density at radius 3 is 1.90 bits per heavy atom.